The number of nitrogens with one attached hydrogen (secondary N) is 2. The molecular formula is C27H31ClN4OS2. The Labute approximate surface area is 221 Å². The molecule has 1 saturated heterocycles. The number of hydrogen-bond acceptors (Lipinski definition) is 4. The van der Waals surface area contributed by atoms with Crippen molar-refractivity contribution >= 4 is 51.9 Å². The van der Waals surface area contributed by atoms with Crippen LogP contribution >= 0.6 is 35.2 Å². The Morgan fingerprint density at radius 3 is 2.63 bits per heavy atom. The molecule has 1 aromatic heterocycles. The second kappa shape index (κ2) is 12.0. The van der Waals surface area contributed by atoms with Crippen molar-refractivity contribution in [3.05, 3.63) is 69.6 Å². The number of rotatable bonds is 7. The third-order valence-corrected chi connectivity index (χ3v) is 7.94. The van der Waals surface area contributed by atoms with Crippen molar-refractivity contribution in [1.29, 1.82) is 0 Å². The monoisotopic (exact) mass is 526 g/mol. The molecule has 35 heavy (non-hydrogen) atoms. The van der Waals surface area contributed by atoms with Crippen molar-refractivity contribution < 1.29 is 4.79 Å². The van der Waals surface area contributed by atoms with E-state index in [-0.39, 0.29) is 5.91 Å². The fourth-order valence-corrected chi connectivity index (χ4v) is 5.86. The first-order valence-electron chi connectivity index (χ1n) is 12.1. The van der Waals surface area contributed by atoms with Crippen LogP contribution in [0.5, 0.6) is 0 Å². The number of nitrogens with zero attached hydrogens (tertiary/aromatic N) is 2. The van der Waals surface area contributed by atoms with Crippen molar-refractivity contribution in [3.8, 4) is 11.1 Å². The van der Waals surface area contributed by atoms with Gasteiger partial charge in [-0.05, 0) is 62.2 Å². The Morgan fingerprint density at radius 2 is 1.91 bits per heavy atom. The van der Waals surface area contributed by atoms with Crippen LogP contribution in [0, 0.1) is 0 Å². The van der Waals surface area contributed by atoms with Crippen molar-refractivity contribution in [3.63, 3.8) is 0 Å². The quantitative estimate of drug-likeness (QED) is 0.326. The molecule has 0 aliphatic carbocycles. The van der Waals surface area contributed by atoms with E-state index in [0.717, 1.165) is 65.7 Å². The van der Waals surface area contributed by atoms with Gasteiger partial charge in [-0.15, -0.1) is 11.3 Å². The van der Waals surface area contributed by atoms with E-state index in [1.807, 2.05) is 53.9 Å². The van der Waals surface area contributed by atoms with Gasteiger partial charge in [0.2, 0.25) is 0 Å². The second-order valence-corrected chi connectivity index (χ2v) is 10.7. The molecule has 2 heterocycles. The van der Waals surface area contributed by atoms with Gasteiger partial charge in [0.1, 0.15) is 5.69 Å². The first-order chi connectivity index (χ1) is 16.9. The first kappa shape index (κ1) is 25.6. The summed E-state index contributed by atoms with van der Waals surface area (Å²) in [4.78, 5) is 20.0. The Bertz CT molecular complexity index is 1160. The summed E-state index contributed by atoms with van der Waals surface area (Å²) in [7, 11) is 0. The van der Waals surface area contributed by atoms with Gasteiger partial charge in [0.25, 0.3) is 5.91 Å². The zero-order valence-electron chi connectivity index (χ0n) is 20.1. The molecule has 3 aromatic rings. The summed E-state index contributed by atoms with van der Waals surface area (Å²) in [6.07, 6.45) is 4.23. The van der Waals surface area contributed by atoms with Crippen LogP contribution in [0.15, 0.2) is 53.9 Å². The molecule has 0 saturated carbocycles. The SMILES string of the molecule is CCCC(C)NC(=S)N1CCC(c2nc(C(=O)Nc3ccccc3-c3ccc(Cl)cc3)cs2)CC1. The lowest BCUT2D eigenvalue weighted by molar-refractivity contribution is 0.102. The molecule has 8 heteroatoms. The van der Waals surface area contributed by atoms with Gasteiger partial charge in [-0.3, -0.25) is 4.79 Å². The molecule has 0 bridgehead atoms. The normalized spacial score (nSPS) is 15.0. The van der Waals surface area contributed by atoms with Crippen LogP contribution in [0.2, 0.25) is 5.02 Å². The van der Waals surface area contributed by atoms with Crippen LogP contribution < -0.4 is 10.6 Å². The minimum absolute atomic E-state index is 0.193. The molecular weight excluding hydrogens is 496 g/mol. The summed E-state index contributed by atoms with van der Waals surface area (Å²) in [6.45, 7) is 6.18. The van der Waals surface area contributed by atoms with Crippen molar-refractivity contribution in [1.82, 2.24) is 15.2 Å². The van der Waals surface area contributed by atoms with E-state index < -0.39 is 0 Å². The predicted molar refractivity (Wildman–Crippen MR) is 151 cm³/mol. The van der Waals surface area contributed by atoms with Crippen LogP contribution in [-0.2, 0) is 0 Å². The van der Waals surface area contributed by atoms with Crippen LogP contribution in [0.3, 0.4) is 0 Å². The minimum Gasteiger partial charge on any atom is -0.360 e. The van der Waals surface area contributed by atoms with E-state index in [2.05, 4.69) is 29.4 Å². The Kier molecular flexibility index (Phi) is 8.76. The van der Waals surface area contributed by atoms with E-state index in [4.69, 9.17) is 28.8 Å². The molecule has 184 valence electrons. The lowest BCUT2D eigenvalue weighted by atomic mass is 9.98. The molecule has 1 fully saturated rings. The molecule has 2 aromatic carbocycles. The number of para-hydroxylation sites is 1. The molecule has 1 atom stereocenters. The summed E-state index contributed by atoms with van der Waals surface area (Å²) in [5, 5.41) is 10.9. The topological polar surface area (TPSA) is 57.3 Å². The Hall–Kier alpha value is -2.48. The number of hydrogen-bond donors (Lipinski definition) is 2. The van der Waals surface area contributed by atoms with E-state index in [1.165, 1.54) is 0 Å². The molecule has 0 radical (unpaired) electrons. The maximum Gasteiger partial charge on any atom is 0.275 e. The van der Waals surface area contributed by atoms with Crippen LogP contribution in [0.1, 0.15) is 60.9 Å². The number of amides is 1. The van der Waals surface area contributed by atoms with Gasteiger partial charge in [0.15, 0.2) is 5.11 Å². The maximum absolute atomic E-state index is 13.0. The number of carbonyl (C=O) groups excluding carboxylic acids is 1. The number of benzene rings is 2. The zero-order valence-corrected chi connectivity index (χ0v) is 22.5. The molecule has 1 unspecified atom stereocenters. The highest BCUT2D eigenvalue weighted by molar-refractivity contribution is 7.80. The van der Waals surface area contributed by atoms with Gasteiger partial charge in [-0.2, -0.15) is 0 Å². The third-order valence-electron chi connectivity index (χ3n) is 6.31. The van der Waals surface area contributed by atoms with E-state index >= 15 is 0 Å². The van der Waals surface area contributed by atoms with Crippen LogP contribution in [-0.4, -0.2) is 40.0 Å². The molecule has 1 aliphatic rings. The summed E-state index contributed by atoms with van der Waals surface area (Å²) < 4.78 is 0. The number of thiazole rings is 1. The third kappa shape index (κ3) is 6.60. The van der Waals surface area contributed by atoms with Gasteiger partial charge in [0.05, 0.1) is 5.01 Å². The number of halogens is 1. The molecule has 2 N–H and O–H groups in total. The largest absolute Gasteiger partial charge is 0.360 e. The van der Waals surface area contributed by atoms with Crippen molar-refractivity contribution in [2.45, 2.75) is 51.5 Å². The van der Waals surface area contributed by atoms with Gasteiger partial charge in [-0.1, -0.05) is 55.3 Å². The first-order valence-corrected chi connectivity index (χ1v) is 13.8. The number of aromatic nitrogens is 1. The summed E-state index contributed by atoms with van der Waals surface area (Å²) in [5.41, 5.74) is 3.15. The fourth-order valence-electron chi connectivity index (χ4n) is 4.38. The van der Waals surface area contributed by atoms with E-state index in [1.54, 1.807) is 11.3 Å². The number of likely N-dealkylation sites (tertiary alicyclic amines) is 1. The van der Waals surface area contributed by atoms with Crippen molar-refractivity contribution in [2.75, 3.05) is 18.4 Å². The van der Waals surface area contributed by atoms with Crippen molar-refractivity contribution in [2.24, 2.45) is 0 Å². The van der Waals surface area contributed by atoms with E-state index in [9.17, 15) is 4.79 Å². The highest BCUT2D eigenvalue weighted by Gasteiger charge is 2.25. The van der Waals surface area contributed by atoms with Gasteiger partial charge < -0.3 is 15.5 Å². The van der Waals surface area contributed by atoms with Gasteiger partial charge in [0, 0.05) is 46.7 Å². The second-order valence-electron chi connectivity index (χ2n) is 8.98. The average Bonchev–Trinajstić information content (AvgIpc) is 3.36. The lowest BCUT2D eigenvalue weighted by Gasteiger charge is -2.34. The average molecular weight is 527 g/mol. The molecule has 0 spiro atoms. The lowest BCUT2D eigenvalue weighted by Crippen LogP contribution is -2.46. The smallest absolute Gasteiger partial charge is 0.275 e. The molecule has 5 nitrogen and oxygen atoms in total. The summed E-state index contributed by atoms with van der Waals surface area (Å²) >= 11 is 13.2. The van der Waals surface area contributed by atoms with Crippen LogP contribution in [0.25, 0.3) is 11.1 Å². The zero-order chi connectivity index (χ0) is 24.8. The molecule has 4 rings (SSSR count). The standard InChI is InChI=1S/C27H31ClN4OS2/c1-3-6-18(2)29-27(34)32-15-13-20(14-16-32)26-31-24(17-35-26)25(33)30-23-8-5-4-7-22(23)19-9-11-21(28)12-10-19/h4-5,7-12,17-18,20H,3,6,13-16H2,1-2H3,(H,29,34)(H,30,33). The Morgan fingerprint density at radius 1 is 1.20 bits per heavy atom. The summed E-state index contributed by atoms with van der Waals surface area (Å²) in [5.74, 6) is 0.164. The summed E-state index contributed by atoms with van der Waals surface area (Å²) in [6, 6.07) is 15.8. The number of piperidine rings is 1. The van der Waals surface area contributed by atoms with E-state index in [0.29, 0.717) is 22.7 Å². The molecule has 1 amide bonds. The number of anilines is 1. The fraction of sp³-hybridized carbons (Fsp3) is 0.370. The molecule has 1 aliphatic heterocycles. The Balaban J connectivity index is 1.36. The van der Waals surface area contributed by atoms with Gasteiger partial charge in [-0.25, -0.2) is 4.98 Å². The highest BCUT2D eigenvalue weighted by atomic mass is 35.5. The van der Waals surface area contributed by atoms with Gasteiger partial charge >= 0.3 is 0 Å². The number of carbonyl (C=O) groups is 1. The van der Waals surface area contributed by atoms with Crippen LogP contribution in [0.4, 0.5) is 5.69 Å². The predicted octanol–water partition coefficient (Wildman–Crippen LogP) is 6.96. The number of thiocarbonyl (C=S) groups is 1. The highest BCUT2D eigenvalue weighted by Crippen LogP contribution is 2.32. The maximum atomic E-state index is 13.0. The minimum atomic E-state index is -0.193.